The third kappa shape index (κ3) is 8.40. The zero-order chi connectivity index (χ0) is 19.5. The SMILES string of the molecule is CCNC(=NCC(=O)N1CCN(c2ccc(Cl)cc2)CC1)NCCCOC.I. The highest BCUT2D eigenvalue weighted by atomic mass is 127. The van der Waals surface area contributed by atoms with E-state index in [9.17, 15) is 4.79 Å². The largest absolute Gasteiger partial charge is 0.385 e. The molecule has 0 radical (unpaired) electrons. The average molecular weight is 524 g/mol. The lowest BCUT2D eigenvalue weighted by Crippen LogP contribution is -2.49. The summed E-state index contributed by atoms with van der Waals surface area (Å²) in [5.41, 5.74) is 1.14. The summed E-state index contributed by atoms with van der Waals surface area (Å²) in [6, 6.07) is 7.82. The van der Waals surface area contributed by atoms with Crippen LogP contribution in [-0.2, 0) is 9.53 Å². The van der Waals surface area contributed by atoms with Crippen molar-refractivity contribution in [2.45, 2.75) is 13.3 Å². The molecule has 1 aliphatic heterocycles. The van der Waals surface area contributed by atoms with E-state index < -0.39 is 0 Å². The summed E-state index contributed by atoms with van der Waals surface area (Å²) in [6.45, 7) is 7.40. The normalized spacial score (nSPS) is 14.5. The number of methoxy groups -OCH3 is 1. The van der Waals surface area contributed by atoms with Gasteiger partial charge < -0.3 is 25.2 Å². The smallest absolute Gasteiger partial charge is 0.244 e. The molecule has 0 aromatic heterocycles. The number of guanidine groups is 1. The van der Waals surface area contributed by atoms with Gasteiger partial charge in [0.25, 0.3) is 0 Å². The van der Waals surface area contributed by atoms with E-state index in [4.69, 9.17) is 16.3 Å². The minimum Gasteiger partial charge on any atom is -0.385 e. The van der Waals surface area contributed by atoms with Crippen LogP contribution in [0.2, 0.25) is 5.02 Å². The first kappa shape index (κ1) is 24.8. The maximum absolute atomic E-state index is 12.5. The third-order valence-electron chi connectivity index (χ3n) is 4.36. The third-order valence-corrected chi connectivity index (χ3v) is 4.61. The molecule has 0 bridgehead atoms. The van der Waals surface area contributed by atoms with E-state index in [0.29, 0.717) is 25.7 Å². The van der Waals surface area contributed by atoms with Crippen LogP contribution in [0.25, 0.3) is 0 Å². The van der Waals surface area contributed by atoms with Crippen molar-refractivity contribution in [3.63, 3.8) is 0 Å². The molecule has 0 aliphatic carbocycles. The Morgan fingerprint density at radius 2 is 1.86 bits per heavy atom. The van der Waals surface area contributed by atoms with Gasteiger partial charge in [0.05, 0.1) is 0 Å². The van der Waals surface area contributed by atoms with Crippen LogP contribution in [0.3, 0.4) is 0 Å². The quantitative estimate of drug-likeness (QED) is 0.237. The highest BCUT2D eigenvalue weighted by Crippen LogP contribution is 2.19. The number of halogens is 2. The average Bonchev–Trinajstić information content (AvgIpc) is 2.70. The zero-order valence-electron chi connectivity index (χ0n) is 16.6. The van der Waals surface area contributed by atoms with Crippen LogP contribution in [0.15, 0.2) is 29.3 Å². The molecule has 7 nitrogen and oxygen atoms in total. The molecule has 1 fully saturated rings. The zero-order valence-corrected chi connectivity index (χ0v) is 19.7. The lowest BCUT2D eigenvalue weighted by atomic mass is 10.2. The van der Waals surface area contributed by atoms with E-state index in [2.05, 4.69) is 20.5 Å². The summed E-state index contributed by atoms with van der Waals surface area (Å²) < 4.78 is 5.04. The maximum atomic E-state index is 12.5. The monoisotopic (exact) mass is 523 g/mol. The number of nitrogens with zero attached hydrogens (tertiary/aromatic N) is 3. The van der Waals surface area contributed by atoms with Gasteiger partial charge in [0.15, 0.2) is 5.96 Å². The maximum Gasteiger partial charge on any atom is 0.244 e. The molecule has 0 atom stereocenters. The first-order valence-electron chi connectivity index (χ1n) is 9.43. The number of amides is 1. The first-order chi connectivity index (χ1) is 13.1. The second-order valence-corrected chi connectivity index (χ2v) is 6.75. The Labute approximate surface area is 189 Å². The van der Waals surface area contributed by atoms with Crippen LogP contribution in [0.5, 0.6) is 0 Å². The van der Waals surface area contributed by atoms with Crippen molar-refractivity contribution in [2.75, 3.05) is 64.4 Å². The lowest BCUT2D eigenvalue weighted by molar-refractivity contribution is -0.129. The van der Waals surface area contributed by atoms with E-state index in [1.54, 1.807) is 7.11 Å². The van der Waals surface area contributed by atoms with Gasteiger partial charge in [-0.15, -0.1) is 24.0 Å². The van der Waals surface area contributed by atoms with Crippen LogP contribution < -0.4 is 15.5 Å². The molecule has 1 aliphatic rings. The summed E-state index contributed by atoms with van der Waals surface area (Å²) in [6.07, 6.45) is 0.890. The van der Waals surface area contributed by atoms with Crippen LogP contribution in [0.1, 0.15) is 13.3 Å². The number of hydrogen-bond donors (Lipinski definition) is 2. The Bertz CT molecular complexity index is 607. The Morgan fingerprint density at radius 3 is 2.46 bits per heavy atom. The molecule has 0 unspecified atom stereocenters. The highest BCUT2D eigenvalue weighted by Gasteiger charge is 2.21. The fraction of sp³-hybridized carbons (Fsp3) is 0.579. The number of nitrogens with one attached hydrogen (secondary N) is 2. The molecule has 28 heavy (non-hydrogen) atoms. The Balaban J connectivity index is 0.00000392. The second-order valence-electron chi connectivity index (χ2n) is 6.31. The minimum absolute atomic E-state index is 0. The van der Waals surface area contributed by atoms with Crippen molar-refractivity contribution < 1.29 is 9.53 Å². The molecule has 0 spiro atoms. The van der Waals surface area contributed by atoms with Crippen LogP contribution >= 0.6 is 35.6 Å². The summed E-state index contributed by atoms with van der Waals surface area (Å²) in [4.78, 5) is 21.0. The van der Waals surface area contributed by atoms with Crippen molar-refractivity contribution in [3.8, 4) is 0 Å². The number of aliphatic imine (C=N–C) groups is 1. The summed E-state index contributed by atoms with van der Waals surface area (Å²) >= 11 is 5.95. The van der Waals surface area contributed by atoms with Gasteiger partial charge in [0.1, 0.15) is 6.54 Å². The van der Waals surface area contributed by atoms with Crippen LogP contribution in [0.4, 0.5) is 5.69 Å². The number of anilines is 1. The molecule has 9 heteroatoms. The second kappa shape index (κ2) is 13.8. The van der Waals surface area contributed by atoms with Gasteiger partial charge in [-0.1, -0.05) is 11.6 Å². The van der Waals surface area contributed by atoms with Crippen molar-refractivity contribution >= 4 is 53.1 Å². The number of piperazine rings is 1. The molecule has 1 amide bonds. The van der Waals surface area contributed by atoms with E-state index in [1.807, 2.05) is 36.1 Å². The van der Waals surface area contributed by atoms with Crippen molar-refractivity contribution in [2.24, 2.45) is 4.99 Å². The molecule has 2 N–H and O–H groups in total. The van der Waals surface area contributed by atoms with Gasteiger partial charge in [0, 0.05) is 63.7 Å². The predicted octanol–water partition coefficient (Wildman–Crippen LogP) is 2.20. The van der Waals surface area contributed by atoms with Crippen LogP contribution in [0, 0.1) is 0 Å². The summed E-state index contributed by atoms with van der Waals surface area (Å²) in [5, 5.41) is 7.11. The number of ether oxygens (including phenoxy) is 1. The van der Waals surface area contributed by atoms with Gasteiger partial charge in [-0.25, -0.2) is 4.99 Å². The number of rotatable bonds is 8. The highest BCUT2D eigenvalue weighted by molar-refractivity contribution is 14.0. The molecule has 158 valence electrons. The van der Waals surface area contributed by atoms with Gasteiger partial charge in [0.2, 0.25) is 5.91 Å². The number of carbonyl (C=O) groups excluding carboxylic acids is 1. The van der Waals surface area contributed by atoms with E-state index in [-0.39, 0.29) is 36.4 Å². The number of benzene rings is 1. The van der Waals surface area contributed by atoms with E-state index >= 15 is 0 Å². The van der Waals surface area contributed by atoms with Gasteiger partial charge >= 0.3 is 0 Å². The van der Waals surface area contributed by atoms with E-state index in [0.717, 1.165) is 43.3 Å². The number of hydrogen-bond acceptors (Lipinski definition) is 4. The van der Waals surface area contributed by atoms with E-state index in [1.165, 1.54) is 0 Å². The Morgan fingerprint density at radius 1 is 1.18 bits per heavy atom. The molecule has 0 saturated carbocycles. The lowest BCUT2D eigenvalue weighted by Gasteiger charge is -2.36. The number of carbonyl (C=O) groups is 1. The van der Waals surface area contributed by atoms with Crippen LogP contribution in [-0.4, -0.2) is 76.3 Å². The first-order valence-corrected chi connectivity index (χ1v) is 9.81. The van der Waals surface area contributed by atoms with Gasteiger partial charge in [-0.2, -0.15) is 0 Å². The predicted molar refractivity (Wildman–Crippen MR) is 126 cm³/mol. The fourth-order valence-corrected chi connectivity index (χ4v) is 3.00. The summed E-state index contributed by atoms with van der Waals surface area (Å²) in [5.74, 6) is 0.724. The Kier molecular flexibility index (Phi) is 12.2. The molecular formula is C19H31ClIN5O2. The van der Waals surface area contributed by atoms with Crippen molar-refractivity contribution in [3.05, 3.63) is 29.3 Å². The molecule has 1 heterocycles. The molecular weight excluding hydrogens is 493 g/mol. The molecule has 1 saturated heterocycles. The standard InChI is InChI=1S/C19H30ClN5O2.HI/c1-3-21-19(22-9-4-14-27-2)23-15-18(26)25-12-10-24(11-13-25)17-7-5-16(20)6-8-17;/h5-8H,3-4,9-15H2,1-2H3,(H2,21,22,23);1H. The Hall–Kier alpha value is -1.26. The topological polar surface area (TPSA) is 69.2 Å². The molecule has 1 aromatic carbocycles. The fourth-order valence-electron chi connectivity index (χ4n) is 2.88. The van der Waals surface area contributed by atoms with Crippen molar-refractivity contribution in [1.82, 2.24) is 15.5 Å². The summed E-state index contributed by atoms with van der Waals surface area (Å²) in [7, 11) is 1.69. The molecule has 2 rings (SSSR count). The van der Waals surface area contributed by atoms with Crippen molar-refractivity contribution in [1.29, 1.82) is 0 Å². The van der Waals surface area contributed by atoms with Gasteiger partial charge in [-0.3, -0.25) is 4.79 Å². The molecule has 1 aromatic rings. The minimum atomic E-state index is 0. The van der Waals surface area contributed by atoms with Gasteiger partial charge in [-0.05, 0) is 37.6 Å².